The summed E-state index contributed by atoms with van der Waals surface area (Å²) in [6, 6.07) is 0.457. The standard InChI is InChI=1S/C13H27N3/c1-13(5-2-6-13)11-15-7-10-16-8-3-12(14)4-9-16/h12,15H,2-11,14H2,1H3. The topological polar surface area (TPSA) is 41.3 Å². The van der Waals surface area contributed by atoms with Crippen molar-refractivity contribution in [3.63, 3.8) is 0 Å². The predicted molar refractivity (Wildman–Crippen MR) is 68.5 cm³/mol. The van der Waals surface area contributed by atoms with Gasteiger partial charge in [0.2, 0.25) is 0 Å². The lowest BCUT2D eigenvalue weighted by Gasteiger charge is -2.39. The fourth-order valence-corrected chi connectivity index (χ4v) is 2.76. The van der Waals surface area contributed by atoms with E-state index in [0.717, 1.165) is 6.54 Å². The van der Waals surface area contributed by atoms with Crippen LogP contribution in [0.3, 0.4) is 0 Å². The van der Waals surface area contributed by atoms with E-state index in [2.05, 4.69) is 17.1 Å². The fourth-order valence-electron chi connectivity index (χ4n) is 2.76. The zero-order valence-corrected chi connectivity index (χ0v) is 10.7. The molecule has 2 fully saturated rings. The first-order valence-corrected chi connectivity index (χ1v) is 6.87. The third-order valence-electron chi connectivity index (χ3n) is 4.35. The minimum Gasteiger partial charge on any atom is -0.328 e. The number of nitrogens with two attached hydrogens (primary N) is 1. The summed E-state index contributed by atoms with van der Waals surface area (Å²) in [5.74, 6) is 0. The molecule has 3 nitrogen and oxygen atoms in total. The van der Waals surface area contributed by atoms with Gasteiger partial charge in [-0.05, 0) is 44.2 Å². The second-order valence-electron chi connectivity index (χ2n) is 6.02. The van der Waals surface area contributed by atoms with Crippen molar-refractivity contribution < 1.29 is 0 Å². The molecule has 1 saturated carbocycles. The van der Waals surface area contributed by atoms with Crippen LogP contribution in [0, 0.1) is 5.41 Å². The van der Waals surface area contributed by atoms with E-state index < -0.39 is 0 Å². The number of hydrogen-bond donors (Lipinski definition) is 2. The maximum absolute atomic E-state index is 5.89. The van der Waals surface area contributed by atoms with Gasteiger partial charge in [0.15, 0.2) is 0 Å². The Kier molecular flexibility index (Phi) is 4.22. The van der Waals surface area contributed by atoms with E-state index in [0.29, 0.717) is 11.5 Å². The number of rotatable bonds is 5. The Labute approximate surface area is 99.8 Å². The van der Waals surface area contributed by atoms with Crippen molar-refractivity contribution >= 4 is 0 Å². The van der Waals surface area contributed by atoms with Crippen molar-refractivity contribution in [2.45, 2.75) is 45.1 Å². The predicted octanol–water partition coefficient (Wildman–Crippen LogP) is 1.19. The number of likely N-dealkylation sites (tertiary alicyclic amines) is 1. The van der Waals surface area contributed by atoms with Crippen LogP contribution in [-0.2, 0) is 0 Å². The second-order valence-corrected chi connectivity index (χ2v) is 6.02. The Morgan fingerprint density at radius 3 is 2.56 bits per heavy atom. The Bertz CT molecular complexity index is 205. The second kappa shape index (κ2) is 5.48. The Hall–Kier alpha value is -0.120. The first-order chi connectivity index (χ1) is 7.68. The molecule has 0 aromatic rings. The van der Waals surface area contributed by atoms with Gasteiger partial charge in [0.05, 0.1) is 0 Å². The molecule has 94 valence electrons. The van der Waals surface area contributed by atoms with Gasteiger partial charge in [-0.1, -0.05) is 13.3 Å². The van der Waals surface area contributed by atoms with E-state index in [4.69, 9.17) is 5.73 Å². The SMILES string of the molecule is CC1(CNCCN2CCC(N)CC2)CCC1. The number of hydrogen-bond acceptors (Lipinski definition) is 3. The molecule has 1 aliphatic heterocycles. The van der Waals surface area contributed by atoms with Crippen LogP contribution in [0.2, 0.25) is 0 Å². The first kappa shape index (κ1) is 12.3. The van der Waals surface area contributed by atoms with Gasteiger partial charge in [0.1, 0.15) is 0 Å². The molecule has 2 aliphatic rings. The average Bonchev–Trinajstić information content (AvgIpc) is 2.24. The van der Waals surface area contributed by atoms with Crippen molar-refractivity contribution in [3.05, 3.63) is 0 Å². The van der Waals surface area contributed by atoms with Gasteiger partial charge in [-0.15, -0.1) is 0 Å². The van der Waals surface area contributed by atoms with Gasteiger partial charge in [-0.2, -0.15) is 0 Å². The van der Waals surface area contributed by atoms with Crippen LogP contribution >= 0.6 is 0 Å². The molecular weight excluding hydrogens is 198 g/mol. The van der Waals surface area contributed by atoms with E-state index in [1.165, 1.54) is 58.3 Å². The summed E-state index contributed by atoms with van der Waals surface area (Å²) in [5, 5.41) is 3.61. The smallest absolute Gasteiger partial charge is 0.0107 e. The summed E-state index contributed by atoms with van der Waals surface area (Å²) in [7, 11) is 0. The van der Waals surface area contributed by atoms with Crippen molar-refractivity contribution in [3.8, 4) is 0 Å². The maximum Gasteiger partial charge on any atom is 0.0107 e. The molecule has 0 atom stereocenters. The minimum absolute atomic E-state index is 0.457. The van der Waals surface area contributed by atoms with Crippen molar-refractivity contribution in [2.75, 3.05) is 32.7 Å². The normalized spacial score (nSPS) is 26.6. The Morgan fingerprint density at radius 2 is 2.00 bits per heavy atom. The summed E-state index contributed by atoms with van der Waals surface area (Å²) in [5.41, 5.74) is 6.51. The fraction of sp³-hybridized carbons (Fsp3) is 1.00. The molecule has 0 amide bonds. The molecule has 2 rings (SSSR count). The molecule has 1 heterocycles. The first-order valence-electron chi connectivity index (χ1n) is 6.87. The number of nitrogens with zero attached hydrogens (tertiary/aromatic N) is 1. The van der Waals surface area contributed by atoms with Gasteiger partial charge in [-0.3, -0.25) is 0 Å². The molecule has 0 aromatic carbocycles. The largest absolute Gasteiger partial charge is 0.328 e. The summed E-state index contributed by atoms with van der Waals surface area (Å²) < 4.78 is 0. The number of piperidine rings is 1. The zero-order chi connectivity index (χ0) is 11.4. The van der Waals surface area contributed by atoms with E-state index in [1.807, 2.05) is 0 Å². The molecule has 3 N–H and O–H groups in total. The van der Waals surface area contributed by atoms with Gasteiger partial charge < -0.3 is 16.0 Å². The van der Waals surface area contributed by atoms with Crippen LogP contribution in [0.1, 0.15) is 39.0 Å². The van der Waals surface area contributed by atoms with E-state index in [9.17, 15) is 0 Å². The van der Waals surface area contributed by atoms with Crippen LogP contribution in [0.5, 0.6) is 0 Å². The van der Waals surface area contributed by atoms with Gasteiger partial charge in [0, 0.05) is 25.7 Å². The lowest BCUT2D eigenvalue weighted by atomic mass is 9.70. The van der Waals surface area contributed by atoms with Crippen molar-refractivity contribution in [2.24, 2.45) is 11.1 Å². The van der Waals surface area contributed by atoms with Crippen molar-refractivity contribution in [1.29, 1.82) is 0 Å². The molecular formula is C13H27N3. The highest BCUT2D eigenvalue weighted by atomic mass is 15.1. The quantitative estimate of drug-likeness (QED) is 0.691. The lowest BCUT2D eigenvalue weighted by molar-refractivity contribution is 0.151. The van der Waals surface area contributed by atoms with Crippen molar-refractivity contribution in [1.82, 2.24) is 10.2 Å². The summed E-state index contributed by atoms with van der Waals surface area (Å²) >= 11 is 0. The van der Waals surface area contributed by atoms with Crippen LogP contribution in [0.15, 0.2) is 0 Å². The van der Waals surface area contributed by atoms with Crippen LogP contribution in [0.4, 0.5) is 0 Å². The molecule has 0 aromatic heterocycles. The Balaban J connectivity index is 1.51. The minimum atomic E-state index is 0.457. The highest BCUT2D eigenvalue weighted by molar-refractivity contribution is 4.85. The zero-order valence-electron chi connectivity index (χ0n) is 10.7. The van der Waals surface area contributed by atoms with Crippen LogP contribution < -0.4 is 11.1 Å². The van der Waals surface area contributed by atoms with Gasteiger partial charge >= 0.3 is 0 Å². The third kappa shape index (κ3) is 3.44. The molecule has 0 spiro atoms. The Morgan fingerprint density at radius 1 is 1.31 bits per heavy atom. The number of nitrogens with one attached hydrogen (secondary N) is 1. The van der Waals surface area contributed by atoms with E-state index in [1.54, 1.807) is 0 Å². The lowest BCUT2D eigenvalue weighted by Crippen LogP contribution is -2.44. The summed E-state index contributed by atoms with van der Waals surface area (Å²) in [6.07, 6.45) is 6.62. The van der Waals surface area contributed by atoms with Crippen LogP contribution in [0.25, 0.3) is 0 Å². The summed E-state index contributed by atoms with van der Waals surface area (Å²) in [4.78, 5) is 2.54. The molecule has 1 saturated heterocycles. The average molecular weight is 225 g/mol. The third-order valence-corrected chi connectivity index (χ3v) is 4.35. The van der Waals surface area contributed by atoms with E-state index in [-0.39, 0.29) is 0 Å². The molecule has 1 aliphatic carbocycles. The molecule has 3 heteroatoms. The highest BCUT2D eigenvalue weighted by Crippen LogP contribution is 2.39. The highest BCUT2D eigenvalue weighted by Gasteiger charge is 2.30. The van der Waals surface area contributed by atoms with Gasteiger partial charge in [-0.25, -0.2) is 0 Å². The molecule has 0 radical (unpaired) electrons. The maximum atomic E-state index is 5.89. The molecule has 0 unspecified atom stereocenters. The van der Waals surface area contributed by atoms with Gasteiger partial charge in [0.25, 0.3) is 0 Å². The monoisotopic (exact) mass is 225 g/mol. The molecule has 16 heavy (non-hydrogen) atoms. The molecule has 0 bridgehead atoms. The van der Waals surface area contributed by atoms with E-state index >= 15 is 0 Å². The van der Waals surface area contributed by atoms with Crippen LogP contribution in [-0.4, -0.2) is 43.7 Å². The summed E-state index contributed by atoms with van der Waals surface area (Å²) in [6.45, 7) is 8.34.